The largest absolute Gasteiger partial charge is 0.487 e. The summed E-state index contributed by atoms with van der Waals surface area (Å²) in [6.45, 7) is 5.04. The first-order valence-electron chi connectivity index (χ1n) is 9.97. The van der Waals surface area contributed by atoms with Crippen LogP contribution in [0, 0.1) is 15.9 Å². The molecule has 10 heteroatoms. The van der Waals surface area contributed by atoms with E-state index < -0.39 is 16.4 Å². The second kappa shape index (κ2) is 11.9. The van der Waals surface area contributed by atoms with Crippen molar-refractivity contribution in [1.82, 2.24) is 0 Å². The molecular weight excluding hydrogens is 464 g/mol. The fourth-order valence-electron chi connectivity index (χ4n) is 3.10. The van der Waals surface area contributed by atoms with Crippen molar-refractivity contribution in [2.24, 2.45) is 0 Å². The lowest BCUT2D eigenvalue weighted by molar-refractivity contribution is -0.385. The molecule has 2 rings (SSSR count). The minimum absolute atomic E-state index is 0.00733. The second-order valence-corrected chi connectivity index (χ2v) is 7.65. The topological polar surface area (TPSA) is 87.9 Å². The number of hydrogen-bond acceptors (Lipinski definition) is 6. The van der Waals surface area contributed by atoms with Crippen LogP contribution in [0.4, 0.5) is 10.1 Å². The summed E-state index contributed by atoms with van der Waals surface area (Å²) in [6, 6.07) is 6.11. The van der Waals surface area contributed by atoms with Gasteiger partial charge in [-0.3, -0.25) is 14.9 Å². The van der Waals surface area contributed by atoms with Crippen molar-refractivity contribution in [1.29, 1.82) is 0 Å². The summed E-state index contributed by atoms with van der Waals surface area (Å²) < 4.78 is 30.2. The van der Waals surface area contributed by atoms with Gasteiger partial charge in [0.05, 0.1) is 29.6 Å². The molecule has 0 N–H and O–H groups in total. The molecule has 1 atom stereocenters. The molecule has 1 unspecified atom stereocenters. The summed E-state index contributed by atoms with van der Waals surface area (Å²) in [4.78, 5) is 23.3. The zero-order chi connectivity index (χ0) is 23.8. The van der Waals surface area contributed by atoms with Crippen LogP contribution in [0.1, 0.15) is 49.0 Å². The number of nitro benzene ring substituents is 1. The number of halogens is 3. The molecule has 0 heterocycles. The molecule has 2 aromatic carbocycles. The number of carbonyl (C=O) groups is 1. The van der Waals surface area contributed by atoms with Crippen LogP contribution >= 0.6 is 23.2 Å². The van der Waals surface area contributed by atoms with Crippen LogP contribution in [-0.2, 0) is 0 Å². The van der Waals surface area contributed by atoms with Crippen LogP contribution in [0.25, 0.3) is 0 Å². The Labute approximate surface area is 195 Å². The third kappa shape index (κ3) is 6.01. The highest BCUT2D eigenvalue weighted by molar-refractivity contribution is 6.37. The molecule has 7 nitrogen and oxygen atoms in total. The van der Waals surface area contributed by atoms with Gasteiger partial charge in [-0.05, 0) is 43.9 Å². The average molecular weight is 488 g/mol. The van der Waals surface area contributed by atoms with Crippen molar-refractivity contribution in [2.45, 2.75) is 33.1 Å². The number of benzene rings is 2. The first-order chi connectivity index (χ1) is 15.2. The van der Waals surface area contributed by atoms with Gasteiger partial charge in [-0.2, -0.15) is 0 Å². The molecule has 174 valence electrons. The molecule has 0 spiro atoms. The molecule has 0 amide bonds. The minimum Gasteiger partial charge on any atom is -0.487 e. The fourth-order valence-corrected chi connectivity index (χ4v) is 3.55. The highest BCUT2D eigenvalue weighted by Crippen LogP contribution is 2.52. The average Bonchev–Trinajstić information content (AvgIpc) is 2.73. The number of alkyl halides is 1. The zero-order valence-corrected chi connectivity index (χ0v) is 19.5. The number of hydrogen-bond donors (Lipinski definition) is 0. The summed E-state index contributed by atoms with van der Waals surface area (Å²) in [5.74, 6) is -1.09. The van der Waals surface area contributed by atoms with E-state index in [9.17, 15) is 19.3 Å². The lowest BCUT2D eigenvalue weighted by atomic mass is 9.98. The SMILES string of the molecule is CCOc1c(OCCC(C)c2ccc(F)cc2)c(OCCCl)c(C(C)=O)c(Cl)c1[N+](=O)[O-]. The Morgan fingerprint density at radius 3 is 2.28 bits per heavy atom. The Kier molecular flexibility index (Phi) is 9.53. The molecule has 0 radical (unpaired) electrons. The Bertz CT molecular complexity index is 968. The van der Waals surface area contributed by atoms with Crippen LogP contribution in [-0.4, -0.2) is 36.4 Å². The van der Waals surface area contributed by atoms with Gasteiger partial charge in [-0.25, -0.2) is 4.39 Å². The van der Waals surface area contributed by atoms with Crippen LogP contribution < -0.4 is 14.2 Å². The predicted molar refractivity (Wildman–Crippen MR) is 120 cm³/mol. The Hall–Kier alpha value is -2.58. The number of nitro groups is 1. The molecule has 32 heavy (non-hydrogen) atoms. The van der Waals surface area contributed by atoms with Crippen molar-refractivity contribution in [3.8, 4) is 17.2 Å². The number of ketones is 1. The minimum atomic E-state index is -0.723. The zero-order valence-electron chi connectivity index (χ0n) is 18.0. The van der Waals surface area contributed by atoms with E-state index in [-0.39, 0.29) is 65.3 Å². The van der Waals surface area contributed by atoms with E-state index in [1.807, 2.05) is 6.92 Å². The molecule has 0 bridgehead atoms. The Morgan fingerprint density at radius 2 is 1.75 bits per heavy atom. The van der Waals surface area contributed by atoms with Gasteiger partial charge in [-0.1, -0.05) is 30.7 Å². The van der Waals surface area contributed by atoms with Crippen LogP contribution in [0.2, 0.25) is 5.02 Å². The van der Waals surface area contributed by atoms with E-state index >= 15 is 0 Å². The first-order valence-corrected chi connectivity index (χ1v) is 10.9. The molecule has 0 saturated carbocycles. The number of Topliss-reactive ketones (excluding diaryl/α,β-unsaturated/α-hetero) is 1. The van der Waals surface area contributed by atoms with Gasteiger partial charge in [-0.15, -0.1) is 11.6 Å². The van der Waals surface area contributed by atoms with Crippen molar-refractivity contribution >= 4 is 34.7 Å². The molecule has 0 fully saturated rings. The molecule has 0 aliphatic carbocycles. The van der Waals surface area contributed by atoms with E-state index in [4.69, 9.17) is 37.4 Å². The summed E-state index contributed by atoms with van der Waals surface area (Å²) >= 11 is 12.0. The van der Waals surface area contributed by atoms with Crippen molar-refractivity contribution in [3.63, 3.8) is 0 Å². The van der Waals surface area contributed by atoms with E-state index in [2.05, 4.69) is 0 Å². The first kappa shape index (κ1) is 25.7. The second-order valence-electron chi connectivity index (χ2n) is 6.90. The third-order valence-corrected chi connectivity index (χ3v) is 5.19. The van der Waals surface area contributed by atoms with Gasteiger partial charge in [0.2, 0.25) is 11.5 Å². The third-order valence-electron chi connectivity index (χ3n) is 4.67. The van der Waals surface area contributed by atoms with Crippen molar-refractivity contribution in [2.75, 3.05) is 25.7 Å². The van der Waals surface area contributed by atoms with Crippen molar-refractivity contribution < 1.29 is 28.3 Å². The summed E-state index contributed by atoms with van der Waals surface area (Å²) in [5.41, 5.74) is 0.164. The summed E-state index contributed by atoms with van der Waals surface area (Å²) in [6.07, 6.45) is 0.498. The maximum absolute atomic E-state index is 13.2. The Morgan fingerprint density at radius 1 is 1.12 bits per heavy atom. The summed E-state index contributed by atoms with van der Waals surface area (Å²) in [7, 11) is 0. The maximum Gasteiger partial charge on any atom is 0.334 e. The fraction of sp³-hybridized carbons (Fsp3) is 0.409. The molecule has 0 saturated heterocycles. The van der Waals surface area contributed by atoms with Crippen LogP contribution in [0.5, 0.6) is 17.2 Å². The number of nitrogens with zero attached hydrogens (tertiary/aromatic N) is 1. The van der Waals surface area contributed by atoms with Gasteiger partial charge in [0.15, 0.2) is 11.5 Å². The maximum atomic E-state index is 13.2. The monoisotopic (exact) mass is 487 g/mol. The van der Waals surface area contributed by atoms with Crippen molar-refractivity contribution in [3.05, 3.63) is 56.3 Å². The molecule has 0 aliphatic heterocycles. The summed E-state index contributed by atoms with van der Waals surface area (Å²) in [5, 5.41) is 11.4. The number of carbonyl (C=O) groups excluding carboxylic acids is 1. The van der Waals surface area contributed by atoms with E-state index in [1.54, 1.807) is 19.1 Å². The van der Waals surface area contributed by atoms with Gasteiger partial charge < -0.3 is 14.2 Å². The molecule has 2 aromatic rings. The lowest BCUT2D eigenvalue weighted by Gasteiger charge is -2.20. The van der Waals surface area contributed by atoms with Gasteiger partial charge in [0.25, 0.3) is 0 Å². The Balaban J connectivity index is 2.47. The van der Waals surface area contributed by atoms with Gasteiger partial charge in [0.1, 0.15) is 17.4 Å². The molecule has 0 aliphatic rings. The molecular formula is C22H24Cl2FNO6. The normalized spacial score (nSPS) is 11.7. The number of rotatable bonds is 12. The lowest BCUT2D eigenvalue weighted by Crippen LogP contribution is -2.12. The highest BCUT2D eigenvalue weighted by atomic mass is 35.5. The van der Waals surface area contributed by atoms with Gasteiger partial charge >= 0.3 is 5.69 Å². The van der Waals surface area contributed by atoms with Gasteiger partial charge in [0, 0.05) is 0 Å². The highest BCUT2D eigenvalue weighted by Gasteiger charge is 2.35. The predicted octanol–water partition coefficient (Wildman–Crippen LogP) is 6.18. The quantitative estimate of drug-likeness (QED) is 0.154. The van der Waals surface area contributed by atoms with E-state index in [0.29, 0.717) is 6.42 Å². The van der Waals surface area contributed by atoms with E-state index in [1.165, 1.54) is 19.1 Å². The van der Waals surface area contributed by atoms with Crippen LogP contribution in [0.15, 0.2) is 24.3 Å². The van der Waals surface area contributed by atoms with E-state index in [0.717, 1.165) is 5.56 Å². The molecule has 0 aromatic heterocycles. The standard InChI is InChI=1S/C22H24Cl2FNO6/c1-4-30-21-19(26(28)29)18(24)17(14(3)27)20(32-12-10-23)22(21)31-11-9-13(2)15-5-7-16(25)8-6-15/h5-8,13H,4,9-12H2,1-3H3. The smallest absolute Gasteiger partial charge is 0.334 e. The van der Waals surface area contributed by atoms with Crippen LogP contribution in [0.3, 0.4) is 0 Å². The number of ether oxygens (including phenoxy) is 3.